The predicted octanol–water partition coefficient (Wildman–Crippen LogP) is 2.61. The van der Waals surface area contributed by atoms with E-state index in [1.165, 1.54) is 9.47 Å². The summed E-state index contributed by atoms with van der Waals surface area (Å²) < 4.78 is 3.73. The van der Waals surface area contributed by atoms with Gasteiger partial charge in [-0.15, -0.1) is 0 Å². The summed E-state index contributed by atoms with van der Waals surface area (Å²) in [7, 11) is 0. The highest BCUT2D eigenvalue weighted by molar-refractivity contribution is 14.1. The number of halogens is 2. The number of benzene rings is 1. The van der Waals surface area contributed by atoms with Gasteiger partial charge in [-0.1, -0.05) is 12.1 Å². The number of carbonyl (C=O) groups is 1. The van der Waals surface area contributed by atoms with E-state index in [-0.39, 0.29) is 5.75 Å². The van der Waals surface area contributed by atoms with Gasteiger partial charge >= 0.3 is 6.09 Å². The number of amides is 1. The highest BCUT2D eigenvalue weighted by Gasteiger charge is 2.21. The lowest BCUT2D eigenvalue weighted by Crippen LogP contribution is -2.47. The third-order valence-electron chi connectivity index (χ3n) is 4.63. The highest BCUT2D eigenvalue weighted by Crippen LogP contribution is 2.21. The number of aromatic hydroxyl groups is 1. The van der Waals surface area contributed by atoms with E-state index in [0.29, 0.717) is 44.8 Å². The smallest absolute Gasteiger partial charge is 0.407 e. The number of piperazine rings is 1. The van der Waals surface area contributed by atoms with E-state index < -0.39 is 11.7 Å². The average Bonchev–Trinajstić information content (AvgIpc) is 2.65. The lowest BCUT2D eigenvalue weighted by atomic mass is 10.2. The minimum atomic E-state index is -0.912. The summed E-state index contributed by atoms with van der Waals surface area (Å²) in [6, 6.07) is 7.71. The molecule has 3 rings (SSSR count). The Morgan fingerprint density at radius 3 is 2.41 bits per heavy atom. The number of nitrogens with zero attached hydrogens (tertiary/aromatic N) is 3. The molecular formula is C18H19I2N3O4. The minimum absolute atomic E-state index is 0.237. The summed E-state index contributed by atoms with van der Waals surface area (Å²) in [6.07, 6.45) is 0.797. The molecule has 2 aromatic rings. The molecule has 0 saturated carbocycles. The Bertz CT molecular complexity index is 908. The molecule has 1 aliphatic heterocycles. The fourth-order valence-corrected chi connectivity index (χ4v) is 4.13. The van der Waals surface area contributed by atoms with Gasteiger partial charge in [0.1, 0.15) is 0 Å². The van der Waals surface area contributed by atoms with E-state index in [1.54, 1.807) is 12.3 Å². The van der Waals surface area contributed by atoms with Gasteiger partial charge in [-0.3, -0.25) is 9.69 Å². The van der Waals surface area contributed by atoms with Gasteiger partial charge in [-0.2, -0.15) is 0 Å². The quantitative estimate of drug-likeness (QED) is 0.532. The molecule has 0 spiro atoms. The third-order valence-corrected chi connectivity index (χ3v) is 7.84. The Balaban J connectivity index is 1.73. The number of rotatable bonds is 4. The fourth-order valence-electron chi connectivity index (χ4n) is 3.04. The van der Waals surface area contributed by atoms with Gasteiger partial charge in [0.15, 0.2) is 5.75 Å². The van der Waals surface area contributed by atoms with E-state index in [1.807, 2.05) is 23.1 Å². The van der Waals surface area contributed by atoms with Crippen molar-refractivity contribution in [3.05, 3.63) is 59.1 Å². The van der Waals surface area contributed by atoms with Crippen LogP contribution in [0.25, 0.3) is 0 Å². The van der Waals surface area contributed by atoms with Crippen LogP contribution in [0, 0.1) is 7.14 Å². The van der Waals surface area contributed by atoms with Crippen LogP contribution in [0.4, 0.5) is 4.79 Å². The molecule has 1 amide bonds. The second-order valence-corrected chi connectivity index (χ2v) is 8.62. The van der Waals surface area contributed by atoms with E-state index in [4.69, 9.17) is 5.11 Å². The molecule has 144 valence electrons. The van der Waals surface area contributed by atoms with Crippen molar-refractivity contribution >= 4 is 51.3 Å². The SMILES string of the molecule is O=C(O)N1CCN(Cc2ccn(Cc3cccc(I)c3I)c(=O)c2O)CC1. The molecule has 0 aliphatic carbocycles. The number of hydrogen-bond acceptors (Lipinski definition) is 4. The van der Waals surface area contributed by atoms with Gasteiger partial charge < -0.3 is 19.7 Å². The van der Waals surface area contributed by atoms with Gasteiger partial charge in [0.2, 0.25) is 0 Å². The molecule has 0 radical (unpaired) electrons. The Morgan fingerprint density at radius 2 is 1.74 bits per heavy atom. The van der Waals surface area contributed by atoms with Gasteiger partial charge in [0, 0.05) is 51.6 Å². The summed E-state index contributed by atoms with van der Waals surface area (Å²) in [6.45, 7) is 2.84. The van der Waals surface area contributed by atoms with Gasteiger partial charge in [0.05, 0.1) is 6.54 Å². The van der Waals surface area contributed by atoms with Crippen LogP contribution in [-0.4, -0.2) is 56.9 Å². The zero-order chi connectivity index (χ0) is 19.6. The molecule has 0 unspecified atom stereocenters. The van der Waals surface area contributed by atoms with Crippen molar-refractivity contribution in [3.8, 4) is 5.75 Å². The molecule has 0 atom stereocenters. The number of pyridine rings is 1. The number of carboxylic acid groups (broad SMARTS) is 1. The maximum absolute atomic E-state index is 12.6. The lowest BCUT2D eigenvalue weighted by molar-refractivity contribution is 0.102. The summed E-state index contributed by atoms with van der Waals surface area (Å²) in [5, 5.41) is 19.4. The number of hydrogen-bond donors (Lipinski definition) is 2. The largest absolute Gasteiger partial charge is 0.503 e. The first-order valence-electron chi connectivity index (χ1n) is 8.41. The highest BCUT2D eigenvalue weighted by atomic mass is 127. The molecule has 1 aromatic heterocycles. The summed E-state index contributed by atoms with van der Waals surface area (Å²) in [5.41, 5.74) is 1.19. The van der Waals surface area contributed by atoms with E-state index >= 15 is 0 Å². The van der Waals surface area contributed by atoms with Gasteiger partial charge in [0.25, 0.3) is 5.56 Å². The van der Waals surface area contributed by atoms with Crippen LogP contribution in [0.15, 0.2) is 35.3 Å². The summed E-state index contributed by atoms with van der Waals surface area (Å²) in [4.78, 5) is 27.0. The monoisotopic (exact) mass is 595 g/mol. The van der Waals surface area contributed by atoms with Crippen molar-refractivity contribution in [2.24, 2.45) is 0 Å². The van der Waals surface area contributed by atoms with Crippen molar-refractivity contribution in [3.63, 3.8) is 0 Å². The van der Waals surface area contributed by atoms with Crippen molar-refractivity contribution in [1.82, 2.24) is 14.4 Å². The van der Waals surface area contributed by atoms with Crippen LogP contribution in [0.2, 0.25) is 0 Å². The molecule has 2 heterocycles. The molecule has 2 N–H and O–H groups in total. The first-order valence-corrected chi connectivity index (χ1v) is 10.6. The fraction of sp³-hybridized carbons (Fsp3) is 0.333. The summed E-state index contributed by atoms with van der Waals surface area (Å²) in [5.74, 6) is -0.237. The first kappa shape index (κ1) is 20.4. The maximum Gasteiger partial charge on any atom is 0.407 e. The lowest BCUT2D eigenvalue weighted by Gasteiger charge is -2.33. The molecule has 9 heteroatoms. The molecular weight excluding hydrogens is 576 g/mol. The van der Waals surface area contributed by atoms with Crippen molar-refractivity contribution in [2.75, 3.05) is 26.2 Å². The second-order valence-electron chi connectivity index (χ2n) is 6.38. The van der Waals surface area contributed by atoms with Crippen LogP contribution in [0.5, 0.6) is 5.75 Å². The van der Waals surface area contributed by atoms with Crippen molar-refractivity contribution in [2.45, 2.75) is 13.1 Å². The molecule has 7 nitrogen and oxygen atoms in total. The van der Waals surface area contributed by atoms with Crippen LogP contribution in [0.3, 0.4) is 0 Å². The summed E-state index contributed by atoms with van der Waals surface area (Å²) >= 11 is 4.52. The Labute approximate surface area is 183 Å². The Hall–Kier alpha value is -1.34. The third kappa shape index (κ3) is 4.74. The maximum atomic E-state index is 12.6. The van der Waals surface area contributed by atoms with Crippen molar-refractivity contribution < 1.29 is 15.0 Å². The predicted molar refractivity (Wildman–Crippen MR) is 118 cm³/mol. The molecule has 27 heavy (non-hydrogen) atoms. The zero-order valence-corrected chi connectivity index (χ0v) is 18.8. The standard InChI is InChI=1S/C18H19I2N3O4/c19-14-3-1-2-12(15(14)20)11-23-5-4-13(16(24)17(23)25)10-21-6-8-22(9-7-21)18(26)27/h1-5,24H,6-11H2,(H,26,27). The van der Waals surface area contributed by atoms with E-state index in [9.17, 15) is 14.7 Å². The van der Waals surface area contributed by atoms with E-state index in [0.717, 1.165) is 12.7 Å². The van der Waals surface area contributed by atoms with Gasteiger partial charge in [-0.25, -0.2) is 4.79 Å². The minimum Gasteiger partial charge on any atom is -0.503 e. The second kappa shape index (κ2) is 8.78. The van der Waals surface area contributed by atoms with Crippen LogP contribution < -0.4 is 5.56 Å². The zero-order valence-electron chi connectivity index (χ0n) is 14.4. The van der Waals surface area contributed by atoms with E-state index in [2.05, 4.69) is 45.2 Å². The van der Waals surface area contributed by atoms with Crippen LogP contribution in [-0.2, 0) is 13.1 Å². The van der Waals surface area contributed by atoms with Crippen molar-refractivity contribution in [1.29, 1.82) is 0 Å². The first-order chi connectivity index (χ1) is 12.9. The van der Waals surface area contributed by atoms with Crippen LogP contribution in [0.1, 0.15) is 11.1 Å². The number of aromatic nitrogens is 1. The average molecular weight is 595 g/mol. The Kier molecular flexibility index (Phi) is 6.63. The normalized spacial score (nSPS) is 15.1. The molecule has 1 aliphatic rings. The molecule has 1 aromatic carbocycles. The van der Waals surface area contributed by atoms with Crippen LogP contribution >= 0.6 is 45.2 Å². The molecule has 1 saturated heterocycles. The van der Waals surface area contributed by atoms with Gasteiger partial charge in [-0.05, 0) is 62.9 Å². The molecule has 1 fully saturated rings. The Morgan fingerprint density at radius 1 is 1.04 bits per heavy atom. The molecule has 0 bridgehead atoms. The topological polar surface area (TPSA) is 86.0 Å².